The molecule has 20 heavy (non-hydrogen) atoms. The Balaban J connectivity index is 2.43. The number of hydrogen-bond donors (Lipinski definition) is 1. The van der Waals surface area contributed by atoms with E-state index in [1.165, 1.54) is 16.8 Å². The van der Waals surface area contributed by atoms with Gasteiger partial charge in [0.25, 0.3) is 5.91 Å². The number of nitrogens with one attached hydrogen (secondary N) is 1. The molecule has 0 spiro atoms. The Morgan fingerprint density at radius 1 is 1.00 bits per heavy atom. The molecule has 6 nitrogen and oxygen atoms in total. The fraction of sp³-hybridized carbons (Fsp3) is 0.357. The van der Waals surface area contributed by atoms with Crippen LogP contribution in [0.4, 0.5) is 0 Å². The van der Waals surface area contributed by atoms with Gasteiger partial charge in [0.1, 0.15) is 0 Å². The molecule has 0 aliphatic rings. The quantitative estimate of drug-likeness (QED) is 0.821. The van der Waals surface area contributed by atoms with E-state index in [0.717, 1.165) is 0 Å². The maximum absolute atomic E-state index is 11.8. The van der Waals surface area contributed by atoms with Crippen molar-refractivity contribution in [2.45, 2.75) is 0 Å². The van der Waals surface area contributed by atoms with Gasteiger partial charge in [-0.2, -0.15) is 0 Å². The lowest BCUT2D eigenvalue weighted by Crippen LogP contribution is -2.42. The van der Waals surface area contributed by atoms with Gasteiger partial charge in [0.15, 0.2) is 0 Å². The Morgan fingerprint density at radius 2 is 1.60 bits per heavy atom. The van der Waals surface area contributed by atoms with Gasteiger partial charge in [-0.3, -0.25) is 14.4 Å². The van der Waals surface area contributed by atoms with Crippen LogP contribution in [0.2, 0.25) is 0 Å². The van der Waals surface area contributed by atoms with Crippen molar-refractivity contribution in [3.8, 4) is 0 Å². The summed E-state index contributed by atoms with van der Waals surface area (Å²) < 4.78 is 0. The lowest BCUT2D eigenvalue weighted by Gasteiger charge is -2.19. The molecule has 0 saturated carbocycles. The normalized spacial score (nSPS) is 9.75. The molecule has 0 unspecified atom stereocenters. The minimum Gasteiger partial charge on any atom is -0.347 e. The molecule has 6 heteroatoms. The molecule has 3 amide bonds. The first-order valence-corrected chi connectivity index (χ1v) is 6.19. The first-order valence-electron chi connectivity index (χ1n) is 6.19. The van der Waals surface area contributed by atoms with Gasteiger partial charge in [-0.15, -0.1) is 0 Å². The van der Waals surface area contributed by atoms with E-state index in [0.29, 0.717) is 5.56 Å². The van der Waals surface area contributed by atoms with Crippen molar-refractivity contribution in [1.29, 1.82) is 0 Å². The van der Waals surface area contributed by atoms with Gasteiger partial charge in [0.05, 0.1) is 13.1 Å². The van der Waals surface area contributed by atoms with E-state index in [-0.39, 0.29) is 30.8 Å². The number of hydrogen-bond acceptors (Lipinski definition) is 3. The highest BCUT2D eigenvalue weighted by Gasteiger charge is 2.15. The third-order valence-corrected chi connectivity index (χ3v) is 2.73. The molecular weight excluding hydrogens is 258 g/mol. The summed E-state index contributed by atoms with van der Waals surface area (Å²) in [5.74, 6) is -0.800. The largest absolute Gasteiger partial charge is 0.347 e. The van der Waals surface area contributed by atoms with Crippen LogP contribution in [0.3, 0.4) is 0 Å². The van der Waals surface area contributed by atoms with Crippen molar-refractivity contribution in [3.63, 3.8) is 0 Å². The maximum Gasteiger partial charge on any atom is 0.251 e. The third-order valence-electron chi connectivity index (χ3n) is 2.73. The van der Waals surface area contributed by atoms with Crippen molar-refractivity contribution in [3.05, 3.63) is 35.9 Å². The van der Waals surface area contributed by atoms with E-state index < -0.39 is 0 Å². The number of carbonyl (C=O) groups is 3. The van der Waals surface area contributed by atoms with Crippen molar-refractivity contribution < 1.29 is 14.4 Å². The Bertz CT molecular complexity index is 486. The summed E-state index contributed by atoms with van der Waals surface area (Å²) in [6, 6.07) is 8.64. The summed E-state index contributed by atoms with van der Waals surface area (Å²) in [5, 5.41) is 2.53. The van der Waals surface area contributed by atoms with E-state index in [1.54, 1.807) is 38.4 Å². The second kappa shape index (κ2) is 7.28. The van der Waals surface area contributed by atoms with Crippen LogP contribution in [0.5, 0.6) is 0 Å². The molecule has 0 atom stereocenters. The van der Waals surface area contributed by atoms with Gasteiger partial charge in [-0.1, -0.05) is 18.2 Å². The van der Waals surface area contributed by atoms with Crippen LogP contribution < -0.4 is 5.32 Å². The van der Waals surface area contributed by atoms with Crippen LogP contribution in [0.1, 0.15) is 10.4 Å². The zero-order chi connectivity index (χ0) is 15.1. The van der Waals surface area contributed by atoms with E-state index in [2.05, 4.69) is 5.32 Å². The molecule has 0 aromatic heterocycles. The summed E-state index contributed by atoms with van der Waals surface area (Å²) in [6.07, 6.45) is 0. The number of benzene rings is 1. The molecule has 1 aromatic rings. The Morgan fingerprint density at radius 3 is 2.15 bits per heavy atom. The highest BCUT2D eigenvalue weighted by Crippen LogP contribution is 1.97. The van der Waals surface area contributed by atoms with Crippen LogP contribution in [-0.4, -0.2) is 61.8 Å². The molecular formula is C14H19N3O3. The molecule has 0 radical (unpaired) electrons. The fourth-order valence-corrected chi connectivity index (χ4v) is 1.41. The molecule has 0 heterocycles. The van der Waals surface area contributed by atoms with E-state index in [1.807, 2.05) is 6.07 Å². The zero-order valence-corrected chi connectivity index (χ0v) is 11.9. The number of carbonyl (C=O) groups excluding carboxylic acids is 3. The second-order valence-corrected chi connectivity index (χ2v) is 4.59. The Hall–Kier alpha value is -2.37. The summed E-state index contributed by atoms with van der Waals surface area (Å²) in [7, 11) is 4.77. The maximum atomic E-state index is 11.8. The van der Waals surface area contributed by atoms with E-state index in [9.17, 15) is 14.4 Å². The third kappa shape index (κ3) is 4.72. The molecule has 0 aliphatic carbocycles. The average Bonchev–Trinajstić information content (AvgIpc) is 2.44. The highest BCUT2D eigenvalue weighted by molar-refractivity contribution is 5.96. The Kier molecular flexibility index (Phi) is 5.71. The number of rotatable bonds is 5. The van der Waals surface area contributed by atoms with Crippen LogP contribution in [-0.2, 0) is 9.59 Å². The molecule has 1 aromatic carbocycles. The zero-order valence-electron chi connectivity index (χ0n) is 11.9. The SMILES string of the molecule is CN(C)C(=O)CN(C)C(=O)CNC(=O)c1ccccc1. The number of likely N-dealkylation sites (N-methyl/N-ethyl adjacent to an activating group) is 2. The molecule has 0 aliphatic heterocycles. The summed E-state index contributed by atoms with van der Waals surface area (Å²) in [5.41, 5.74) is 0.493. The molecule has 1 N–H and O–H groups in total. The molecule has 108 valence electrons. The average molecular weight is 277 g/mol. The van der Waals surface area contributed by atoms with Crippen LogP contribution in [0.15, 0.2) is 30.3 Å². The van der Waals surface area contributed by atoms with Gasteiger partial charge >= 0.3 is 0 Å². The van der Waals surface area contributed by atoms with Crippen LogP contribution >= 0.6 is 0 Å². The Labute approximate surface area is 118 Å². The van der Waals surface area contributed by atoms with Crippen molar-refractivity contribution in [2.24, 2.45) is 0 Å². The van der Waals surface area contributed by atoms with Crippen LogP contribution in [0, 0.1) is 0 Å². The van der Waals surface area contributed by atoms with Gasteiger partial charge in [-0.25, -0.2) is 0 Å². The molecule has 0 saturated heterocycles. The lowest BCUT2D eigenvalue weighted by atomic mass is 10.2. The van der Waals surface area contributed by atoms with Gasteiger partial charge in [-0.05, 0) is 12.1 Å². The van der Waals surface area contributed by atoms with Crippen LogP contribution in [0.25, 0.3) is 0 Å². The predicted octanol–water partition coefficient (Wildman–Crippen LogP) is -0.0370. The topological polar surface area (TPSA) is 69.7 Å². The van der Waals surface area contributed by atoms with Gasteiger partial charge in [0.2, 0.25) is 11.8 Å². The number of amides is 3. The second-order valence-electron chi connectivity index (χ2n) is 4.59. The van der Waals surface area contributed by atoms with Gasteiger partial charge in [0, 0.05) is 26.7 Å². The molecule has 0 bridgehead atoms. The summed E-state index contributed by atoms with van der Waals surface area (Å²) >= 11 is 0. The minimum absolute atomic E-state index is 0.00690. The van der Waals surface area contributed by atoms with E-state index >= 15 is 0 Å². The van der Waals surface area contributed by atoms with Crippen molar-refractivity contribution in [1.82, 2.24) is 15.1 Å². The molecule has 0 fully saturated rings. The number of nitrogens with zero attached hydrogens (tertiary/aromatic N) is 2. The lowest BCUT2D eigenvalue weighted by molar-refractivity contribution is -0.137. The predicted molar refractivity (Wildman–Crippen MR) is 75.1 cm³/mol. The minimum atomic E-state index is -0.315. The van der Waals surface area contributed by atoms with Crippen molar-refractivity contribution in [2.75, 3.05) is 34.2 Å². The summed E-state index contributed by atoms with van der Waals surface area (Å²) in [4.78, 5) is 37.7. The standard InChI is InChI=1S/C14H19N3O3/c1-16(2)13(19)10-17(3)12(18)9-15-14(20)11-7-5-4-6-8-11/h4-8H,9-10H2,1-3H3,(H,15,20). The highest BCUT2D eigenvalue weighted by atomic mass is 16.2. The monoisotopic (exact) mass is 277 g/mol. The van der Waals surface area contributed by atoms with E-state index in [4.69, 9.17) is 0 Å². The molecule has 1 rings (SSSR count). The summed E-state index contributed by atoms with van der Waals surface area (Å²) in [6.45, 7) is -0.141. The van der Waals surface area contributed by atoms with Gasteiger partial charge < -0.3 is 15.1 Å². The smallest absolute Gasteiger partial charge is 0.251 e. The van der Waals surface area contributed by atoms with Crippen molar-refractivity contribution >= 4 is 17.7 Å². The fourth-order valence-electron chi connectivity index (χ4n) is 1.41. The first-order chi connectivity index (χ1) is 9.41. The first kappa shape index (κ1) is 15.7.